The summed E-state index contributed by atoms with van der Waals surface area (Å²) >= 11 is 0. The molecule has 76 heavy (non-hydrogen) atoms. The molecular weight excluding hydrogens is 1320 g/mol. The summed E-state index contributed by atoms with van der Waals surface area (Å²) in [5, 5.41) is 13.2. The van der Waals surface area contributed by atoms with E-state index in [1.54, 1.807) is 0 Å². The van der Waals surface area contributed by atoms with Gasteiger partial charge in [-0.25, -0.2) is 0 Å². The Kier molecular flexibility index (Phi) is 17.8. The Labute approximate surface area is 479 Å². The third-order valence-electron chi connectivity index (χ3n) is 13.4. The van der Waals surface area contributed by atoms with Crippen LogP contribution in [0.4, 0.5) is 0 Å². The molecule has 370 valence electrons. The van der Waals surface area contributed by atoms with E-state index in [0.29, 0.717) is 0 Å². The van der Waals surface area contributed by atoms with E-state index in [1.165, 1.54) is 31.8 Å². The van der Waals surface area contributed by atoms with E-state index in [2.05, 4.69) is 239 Å². The van der Waals surface area contributed by atoms with Crippen molar-refractivity contribution >= 4 is 91.3 Å². The molecule has 13 rings (SSSR count). The topological polar surface area (TPSA) is 9.86 Å². The molecule has 0 aliphatic carbocycles. The van der Waals surface area contributed by atoms with Gasteiger partial charge in [-0.2, -0.15) is 0 Å². The molecule has 2 heterocycles. The van der Waals surface area contributed by atoms with Gasteiger partial charge in [0.25, 0.3) is 0 Å². The summed E-state index contributed by atoms with van der Waals surface area (Å²) in [6.45, 7) is 0. The van der Waals surface area contributed by atoms with E-state index in [4.69, 9.17) is 12.8 Å². The van der Waals surface area contributed by atoms with Gasteiger partial charge in [-0.15, -0.1) is 23.3 Å². The van der Waals surface area contributed by atoms with Crippen molar-refractivity contribution in [1.29, 1.82) is 0 Å². The number of rotatable bonds is 8. The van der Waals surface area contributed by atoms with E-state index >= 15 is 0 Å². The van der Waals surface area contributed by atoms with Gasteiger partial charge < -0.3 is 22.0 Å². The molecule has 0 bridgehead atoms. The minimum absolute atomic E-state index is 0. The molecule has 0 saturated heterocycles. The summed E-state index contributed by atoms with van der Waals surface area (Å²) in [5.41, 5.74) is 8.45. The molecule has 0 radical (unpaired) electrons. The fourth-order valence-electron chi connectivity index (χ4n) is 10.3. The molecule has 0 aliphatic heterocycles. The molecule has 0 unspecified atom stereocenters. The number of fused-ring (bicyclic) bond motifs is 6. The number of nitrogens with zero attached hydrogens (tertiary/aromatic N) is 2. The zero-order valence-corrected chi connectivity index (χ0v) is 47.5. The van der Waals surface area contributed by atoms with Gasteiger partial charge in [0, 0.05) is 22.4 Å². The summed E-state index contributed by atoms with van der Waals surface area (Å²) in [4.78, 5) is 0. The molecule has 11 aromatic carbocycles. The fourth-order valence-corrected chi connectivity index (χ4v) is 16.2. The molecule has 6 heteroatoms. The Balaban J connectivity index is 0.000000142. The Morgan fingerprint density at radius 3 is 0.842 bits per heavy atom. The standard InChI is InChI=1S/C30H24P2.2C20H12N.2Au/c1-5-15-25(16-6-1)31(26-17-7-2-8-18-26)29-23-13-14-24-30(29)32(27-19-9-3-10-20-27)28-21-11-4-12-22-28;2*1-2-15-9-8-14-19-20(15)17-12-6-7-13-18(17)21(19)16-10-4-3-5-11-16;;/h1-24H;2*3-14H;;/q;2*-1;2*+1/p+2. The Bertz CT molecular complexity index is 3740. The second kappa shape index (κ2) is 25.3. The maximum atomic E-state index is 7.56. The molecule has 0 spiro atoms. The van der Waals surface area contributed by atoms with Crippen molar-refractivity contribution in [1.82, 2.24) is 9.13 Å². The van der Waals surface area contributed by atoms with Crippen LogP contribution in [-0.2, 0) is 44.8 Å². The van der Waals surface area contributed by atoms with Crippen LogP contribution in [0.15, 0.2) is 291 Å². The van der Waals surface area contributed by atoms with Crippen LogP contribution in [0.5, 0.6) is 0 Å². The molecule has 0 N–H and O–H groups in total. The van der Waals surface area contributed by atoms with Gasteiger partial charge in [0.05, 0.1) is 11.0 Å². The average Bonchev–Trinajstić information content (AvgIpc) is 4.04. The van der Waals surface area contributed by atoms with Crippen molar-refractivity contribution in [3.05, 3.63) is 315 Å². The van der Waals surface area contributed by atoms with Crippen LogP contribution in [-0.4, -0.2) is 9.13 Å². The van der Waals surface area contributed by atoms with Gasteiger partial charge >= 0.3 is 44.8 Å². The maximum absolute atomic E-state index is 7.56. The first-order chi connectivity index (χ1) is 36.7. The minimum Gasteiger partial charge on any atom is -0.366 e. The number of hydrogen-bond donors (Lipinski definition) is 0. The largest absolute Gasteiger partial charge is 1.00 e. The number of hydrogen-bond acceptors (Lipinski definition) is 0. The maximum Gasteiger partial charge on any atom is 1.00 e. The molecule has 0 aliphatic rings. The van der Waals surface area contributed by atoms with E-state index in [1.807, 2.05) is 72.8 Å². The molecule has 0 saturated carbocycles. The van der Waals surface area contributed by atoms with Gasteiger partial charge in [-0.1, -0.05) is 181 Å². The quantitative estimate of drug-likeness (QED) is 0.0621. The van der Waals surface area contributed by atoms with Gasteiger partial charge in [-0.3, -0.25) is 11.8 Å². The van der Waals surface area contributed by atoms with E-state index in [9.17, 15) is 0 Å². The van der Waals surface area contributed by atoms with Gasteiger partial charge in [0.15, 0.2) is 0 Å². The molecule has 13 aromatic rings. The van der Waals surface area contributed by atoms with Crippen molar-refractivity contribution in [2.45, 2.75) is 0 Å². The van der Waals surface area contributed by atoms with Crippen molar-refractivity contribution in [2.75, 3.05) is 0 Å². The second-order valence-electron chi connectivity index (χ2n) is 17.8. The molecule has 0 atom stereocenters. The monoisotopic (exact) mass is 1370 g/mol. The van der Waals surface area contributed by atoms with Crippen LogP contribution < -0.4 is 31.8 Å². The molecule has 2 nitrogen and oxygen atoms in total. The first-order valence-corrected chi connectivity index (χ1v) is 27.8. The zero-order chi connectivity index (χ0) is 50.1. The van der Waals surface area contributed by atoms with Crippen LogP contribution in [0.2, 0.25) is 0 Å². The van der Waals surface area contributed by atoms with Crippen LogP contribution in [0.25, 0.3) is 55.0 Å². The number of benzene rings is 11. The van der Waals surface area contributed by atoms with E-state index in [-0.39, 0.29) is 44.8 Å². The van der Waals surface area contributed by atoms with Gasteiger partial charge in [-0.05, 0) is 120 Å². The smallest absolute Gasteiger partial charge is 0.366 e. The van der Waals surface area contributed by atoms with Crippen molar-refractivity contribution in [3.8, 4) is 23.2 Å². The first kappa shape index (κ1) is 53.3. The van der Waals surface area contributed by atoms with Gasteiger partial charge in [0.1, 0.15) is 47.7 Å². The number of aromatic nitrogens is 2. The van der Waals surface area contributed by atoms with Crippen molar-refractivity contribution in [2.24, 2.45) is 0 Å². The summed E-state index contributed by atoms with van der Waals surface area (Å²) < 4.78 is 4.48. The van der Waals surface area contributed by atoms with Crippen molar-refractivity contribution < 1.29 is 44.8 Å². The summed E-state index contributed by atoms with van der Waals surface area (Å²) in [6.07, 6.45) is 15.1. The van der Waals surface area contributed by atoms with Crippen molar-refractivity contribution in [3.63, 3.8) is 0 Å². The Morgan fingerprint density at radius 1 is 0.263 bits per heavy atom. The third-order valence-corrected chi connectivity index (χ3v) is 19.3. The molecule has 2 aromatic heterocycles. The number of para-hydroxylation sites is 4. The normalized spacial score (nSPS) is 10.6. The Morgan fingerprint density at radius 2 is 0.526 bits per heavy atom. The molecular formula is C70H50Au2N2P2+2. The predicted octanol–water partition coefficient (Wildman–Crippen LogP) is 14.1. The fraction of sp³-hybridized carbons (Fsp3) is 0. The van der Waals surface area contributed by atoms with Gasteiger partial charge in [0.2, 0.25) is 0 Å². The third kappa shape index (κ3) is 10.9. The first-order valence-electron chi connectivity index (χ1n) is 24.8. The SMILES string of the molecule is [Au+].[Au+].[C-]#Cc1cccc2c1c1ccccc1n2-c1ccccc1.[C-]#Cc1cccc2c1c1ccccc1n2-c1ccccc1.c1ccc([PH+](c2ccccc2)c2ccccc2[PH+](c2ccccc2)c2ccccc2)cc1. The van der Waals surface area contributed by atoms with Crippen LogP contribution >= 0.6 is 15.8 Å². The van der Waals surface area contributed by atoms with E-state index < -0.39 is 15.8 Å². The van der Waals surface area contributed by atoms with Crippen LogP contribution in [0.3, 0.4) is 0 Å². The molecule has 0 amide bonds. The average molecular weight is 1380 g/mol. The van der Waals surface area contributed by atoms with E-state index in [0.717, 1.165) is 66.1 Å². The summed E-state index contributed by atoms with van der Waals surface area (Å²) in [6, 6.07) is 103. The summed E-state index contributed by atoms with van der Waals surface area (Å²) in [5.74, 6) is 5.13. The van der Waals surface area contributed by atoms with Crippen LogP contribution in [0.1, 0.15) is 11.1 Å². The molecule has 0 fully saturated rings. The predicted molar refractivity (Wildman–Crippen MR) is 321 cm³/mol. The minimum atomic E-state index is -1.14. The second-order valence-corrected chi connectivity index (χ2v) is 22.7. The zero-order valence-electron chi connectivity index (χ0n) is 41.2. The summed E-state index contributed by atoms with van der Waals surface area (Å²) in [7, 11) is -2.28. The Hall–Kier alpha value is -7.52. The van der Waals surface area contributed by atoms with Crippen LogP contribution in [0, 0.1) is 24.7 Å².